The van der Waals surface area contributed by atoms with Gasteiger partial charge in [-0.05, 0) is 45.8 Å². The Kier molecular flexibility index (Phi) is 4.63. The van der Waals surface area contributed by atoms with E-state index in [4.69, 9.17) is 9.97 Å². The summed E-state index contributed by atoms with van der Waals surface area (Å²) in [7, 11) is 2.19. The van der Waals surface area contributed by atoms with Crippen LogP contribution < -0.4 is 4.90 Å². The third-order valence-corrected chi connectivity index (χ3v) is 5.99. The van der Waals surface area contributed by atoms with Crippen LogP contribution >= 0.6 is 0 Å². The standard InChI is InChI=1S/C19H29N5O/c1-14(25)24-12-7-17-16(13-24)19(23-8-3-4-9-23)21-18(20-17)15-5-10-22(2)11-6-15/h15H,3-13H2,1-2H3. The van der Waals surface area contributed by atoms with Crippen LogP contribution in [0.25, 0.3) is 0 Å². The quantitative estimate of drug-likeness (QED) is 0.819. The van der Waals surface area contributed by atoms with Crippen LogP contribution in [0.5, 0.6) is 0 Å². The molecule has 0 bridgehead atoms. The highest BCUT2D eigenvalue weighted by Crippen LogP contribution is 2.33. The second-order valence-corrected chi connectivity index (χ2v) is 7.79. The molecule has 3 aliphatic heterocycles. The van der Waals surface area contributed by atoms with Crippen LogP contribution in [0, 0.1) is 0 Å². The molecular weight excluding hydrogens is 314 g/mol. The Labute approximate surface area is 150 Å². The van der Waals surface area contributed by atoms with Gasteiger partial charge in [-0.2, -0.15) is 0 Å². The number of likely N-dealkylation sites (tertiary alicyclic amines) is 1. The predicted molar refractivity (Wildman–Crippen MR) is 97.7 cm³/mol. The first-order valence-corrected chi connectivity index (χ1v) is 9.70. The van der Waals surface area contributed by atoms with Crippen LogP contribution in [-0.2, 0) is 17.8 Å². The fourth-order valence-corrected chi connectivity index (χ4v) is 4.32. The minimum atomic E-state index is 0.150. The number of aromatic nitrogens is 2. The number of rotatable bonds is 2. The molecule has 136 valence electrons. The molecule has 0 saturated carbocycles. The van der Waals surface area contributed by atoms with E-state index in [2.05, 4.69) is 16.8 Å². The zero-order valence-corrected chi connectivity index (χ0v) is 15.5. The molecule has 2 saturated heterocycles. The fourth-order valence-electron chi connectivity index (χ4n) is 4.32. The highest BCUT2D eigenvalue weighted by Gasteiger charge is 2.30. The van der Waals surface area contributed by atoms with E-state index in [1.807, 2.05) is 4.90 Å². The minimum Gasteiger partial charge on any atom is -0.356 e. The number of carbonyl (C=O) groups is 1. The molecular formula is C19H29N5O. The van der Waals surface area contributed by atoms with Gasteiger partial charge in [0.1, 0.15) is 11.6 Å². The Morgan fingerprint density at radius 2 is 1.76 bits per heavy atom. The van der Waals surface area contributed by atoms with Gasteiger partial charge < -0.3 is 14.7 Å². The van der Waals surface area contributed by atoms with Crippen molar-refractivity contribution in [3.63, 3.8) is 0 Å². The summed E-state index contributed by atoms with van der Waals surface area (Å²) < 4.78 is 0. The normalized spacial score (nSPS) is 22.3. The number of carbonyl (C=O) groups excluding carboxylic acids is 1. The molecule has 0 aromatic carbocycles. The lowest BCUT2D eigenvalue weighted by Crippen LogP contribution is -2.37. The van der Waals surface area contributed by atoms with Gasteiger partial charge in [0.2, 0.25) is 5.91 Å². The zero-order chi connectivity index (χ0) is 17.4. The van der Waals surface area contributed by atoms with Crippen molar-refractivity contribution in [3.8, 4) is 0 Å². The SMILES string of the molecule is CC(=O)N1CCc2nc(C3CCN(C)CC3)nc(N3CCCC3)c2C1. The largest absolute Gasteiger partial charge is 0.356 e. The minimum absolute atomic E-state index is 0.150. The highest BCUT2D eigenvalue weighted by molar-refractivity contribution is 5.74. The van der Waals surface area contributed by atoms with Gasteiger partial charge in [-0.1, -0.05) is 0 Å². The molecule has 6 nitrogen and oxygen atoms in total. The predicted octanol–water partition coefficient (Wildman–Crippen LogP) is 1.79. The van der Waals surface area contributed by atoms with Crippen molar-refractivity contribution in [1.82, 2.24) is 19.8 Å². The molecule has 0 N–H and O–H groups in total. The number of nitrogens with zero attached hydrogens (tertiary/aromatic N) is 5. The van der Waals surface area contributed by atoms with E-state index in [1.165, 1.54) is 24.1 Å². The zero-order valence-electron chi connectivity index (χ0n) is 15.5. The van der Waals surface area contributed by atoms with Crippen LogP contribution in [0.3, 0.4) is 0 Å². The average molecular weight is 343 g/mol. The maximum absolute atomic E-state index is 11.9. The van der Waals surface area contributed by atoms with Crippen molar-refractivity contribution in [2.45, 2.75) is 51.5 Å². The molecule has 4 heterocycles. The Bertz CT molecular complexity index is 647. The number of piperidine rings is 1. The van der Waals surface area contributed by atoms with Gasteiger partial charge >= 0.3 is 0 Å². The maximum atomic E-state index is 11.9. The molecule has 0 radical (unpaired) electrons. The van der Waals surface area contributed by atoms with Crippen molar-refractivity contribution < 1.29 is 4.79 Å². The lowest BCUT2D eigenvalue weighted by atomic mass is 9.95. The van der Waals surface area contributed by atoms with Crippen molar-refractivity contribution in [2.75, 3.05) is 44.7 Å². The third-order valence-electron chi connectivity index (χ3n) is 5.99. The molecule has 2 fully saturated rings. The topological polar surface area (TPSA) is 52.6 Å². The first kappa shape index (κ1) is 16.8. The van der Waals surface area contributed by atoms with E-state index in [1.54, 1.807) is 6.92 Å². The van der Waals surface area contributed by atoms with Crippen molar-refractivity contribution in [2.24, 2.45) is 0 Å². The summed E-state index contributed by atoms with van der Waals surface area (Å²) in [6, 6.07) is 0. The summed E-state index contributed by atoms with van der Waals surface area (Å²) in [4.78, 5) is 28.7. The summed E-state index contributed by atoms with van der Waals surface area (Å²) in [5.41, 5.74) is 2.38. The molecule has 6 heteroatoms. The van der Waals surface area contributed by atoms with E-state index in [0.717, 1.165) is 63.6 Å². The molecule has 1 aromatic rings. The smallest absolute Gasteiger partial charge is 0.219 e. The average Bonchev–Trinajstić information content (AvgIpc) is 3.15. The Balaban J connectivity index is 1.68. The number of hydrogen-bond donors (Lipinski definition) is 0. The number of anilines is 1. The molecule has 0 spiro atoms. The Morgan fingerprint density at radius 3 is 2.44 bits per heavy atom. The monoisotopic (exact) mass is 343 g/mol. The lowest BCUT2D eigenvalue weighted by molar-refractivity contribution is -0.129. The lowest BCUT2D eigenvalue weighted by Gasteiger charge is -2.33. The molecule has 1 aromatic heterocycles. The van der Waals surface area contributed by atoms with Gasteiger partial charge in [-0.25, -0.2) is 9.97 Å². The van der Waals surface area contributed by atoms with Crippen LogP contribution in [0.15, 0.2) is 0 Å². The summed E-state index contributed by atoms with van der Waals surface area (Å²) in [6.45, 7) is 7.53. The second-order valence-electron chi connectivity index (χ2n) is 7.79. The summed E-state index contributed by atoms with van der Waals surface area (Å²) in [5.74, 6) is 2.79. The Morgan fingerprint density at radius 1 is 1.04 bits per heavy atom. The van der Waals surface area contributed by atoms with Crippen molar-refractivity contribution in [1.29, 1.82) is 0 Å². The summed E-state index contributed by atoms with van der Waals surface area (Å²) in [6.07, 6.45) is 5.62. The fraction of sp³-hybridized carbons (Fsp3) is 0.737. The first-order valence-electron chi connectivity index (χ1n) is 9.70. The van der Waals surface area contributed by atoms with Gasteiger partial charge in [0, 0.05) is 44.5 Å². The van der Waals surface area contributed by atoms with E-state index in [9.17, 15) is 4.79 Å². The highest BCUT2D eigenvalue weighted by atomic mass is 16.2. The van der Waals surface area contributed by atoms with Gasteiger partial charge in [-0.15, -0.1) is 0 Å². The van der Waals surface area contributed by atoms with Crippen LogP contribution in [0.2, 0.25) is 0 Å². The van der Waals surface area contributed by atoms with Crippen LogP contribution in [0.1, 0.15) is 55.6 Å². The van der Waals surface area contributed by atoms with E-state index in [0.29, 0.717) is 12.5 Å². The van der Waals surface area contributed by atoms with E-state index in [-0.39, 0.29) is 5.91 Å². The van der Waals surface area contributed by atoms with Gasteiger partial charge in [-0.3, -0.25) is 4.79 Å². The Hall–Kier alpha value is -1.69. The van der Waals surface area contributed by atoms with Gasteiger partial charge in [0.25, 0.3) is 0 Å². The summed E-state index contributed by atoms with van der Waals surface area (Å²) >= 11 is 0. The van der Waals surface area contributed by atoms with Crippen molar-refractivity contribution >= 4 is 11.7 Å². The molecule has 0 atom stereocenters. The van der Waals surface area contributed by atoms with Gasteiger partial charge in [0.15, 0.2) is 0 Å². The molecule has 3 aliphatic rings. The first-order chi connectivity index (χ1) is 12.1. The molecule has 0 aliphatic carbocycles. The van der Waals surface area contributed by atoms with Crippen LogP contribution in [0.4, 0.5) is 5.82 Å². The number of fused-ring (bicyclic) bond motifs is 1. The second kappa shape index (κ2) is 6.90. The molecule has 1 amide bonds. The molecule has 25 heavy (non-hydrogen) atoms. The number of hydrogen-bond acceptors (Lipinski definition) is 5. The molecule has 4 rings (SSSR count). The van der Waals surface area contributed by atoms with Crippen molar-refractivity contribution in [3.05, 3.63) is 17.1 Å². The summed E-state index contributed by atoms with van der Waals surface area (Å²) in [5, 5.41) is 0. The van der Waals surface area contributed by atoms with E-state index < -0.39 is 0 Å². The van der Waals surface area contributed by atoms with E-state index >= 15 is 0 Å². The number of amides is 1. The van der Waals surface area contributed by atoms with Crippen LogP contribution in [-0.4, -0.2) is 65.4 Å². The third kappa shape index (κ3) is 3.36. The molecule has 0 unspecified atom stereocenters. The van der Waals surface area contributed by atoms with Gasteiger partial charge in [0.05, 0.1) is 12.2 Å². The maximum Gasteiger partial charge on any atom is 0.219 e.